The van der Waals surface area contributed by atoms with Crippen molar-refractivity contribution < 1.29 is 14.0 Å². The van der Waals surface area contributed by atoms with Crippen molar-refractivity contribution in [1.82, 2.24) is 10.2 Å². The molecule has 7 heteroatoms. The third kappa shape index (κ3) is 7.76. The monoisotopic (exact) mass is 494 g/mol. The lowest BCUT2D eigenvalue weighted by Crippen LogP contribution is -2.52. The normalized spacial score (nSPS) is 12.3. The van der Waals surface area contributed by atoms with Crippen molar-refractivity contribution in [2.75, 3.05) is 5.75 Å². The molecule has 2 aromatic carbocycles. The van der Waals surface area contributed by atoms with Crippen LogP contribution < -0.4 is 5.32 Å². The van der Waals surface area contributed by atoms with Gasteiger partial charge in [0, 0.05) is 22.3 Å². The molecule has 162 valence electrons. The number of amides is 2. The van der Waals surface area contributed by atoms with Crippen LogP contribution in [0.1, 0.15) is 38.8 Å². The van der Waals surface area contributed by atoms with Crippen LogP contribution in [0.5, 0.6) is 0 Å². The van der Waals surface area contributed by atoms with Crippen LogP contribution >= 0.6 is 27.7 Å². The Morgan fingerprint density at radius 2 is 1.77 bits per heavy atom. The molecule has 0 aliphatic carbocycles. The number of rotatable bonds is 8. The summed E-state index contributed by atoms with van der Waals surface area (Å²) in [6, 6.07) is 13.6. The van der Waals surface area contributed by atoms with Crippen molar-refractivity contribution in [3.63, 3.8) is 0 Å². The molecule has 2 rings (SSSR count). The predicted molar refractivity (Wildman–Crippen MR) is 125 cm³/mol. The first-order valence-corrected chi connectivity index (χ1v) is 11.7. The first kappa shape index (κ1) is 24.4. The maximum Gasteiger partial charge on any atom is 0.242 e. The highest BCUT2D eigenvalue weighted by Gasteiger charge is 2.28. The number of carbonyl (C=O) groups excluding carboxylic acids is 2. The summed E-state index contributed by atoms with van der Waals surface area (Å²) < 4.78 is 14.8. The molecule has 1 unspecified atom stereocenters. The Labute approximate surface area is 190 Å². The molecule has 0 radical (unpaired) electrons. The van der Waals surface area contributed by atoms with Gasteiger partial charge in [-0.3, -0.25) is 9.59 Å². The molecular weight excluding hydrogens is 467 g/mol. The van der Waals surface area contributed by atoms with E-state index in [4.69, 9.17) is 0 Å². The lowest BCUT2D eigenvalue weighted by Gasteiger charge is -2.31. The SMILES string of the molecule is CC(C(=O)NC(C)(C)C)N(Cc1ccc(Br)cc1)C(=O)CSCc1ccccc1F. The molecule has 0 aromatic heterocycles. The van der Waals surface area contributed by atoms with Gasteiger partial charge in [0.15, 0.2) is 0 Å². The summed E-state index contributed by atoms with van der Waals surface area (Å²) in [5, 5.41) is 2.94. The van der Waals surface area contributed by atoms with E-state index >= 15 is 0 Å². The molecule has 2 aromatic rings. The van der Waals surface area contributed by atoms with Crippen LogP contribution in [0.4, 0.5) is 4.39 Å². The number of benzene rings is 2. The molecule has 1 atom stereocenters. The van der Waals surface area contributed by atoms with E-state index in [0.29, 0.717) is 17.9 Å². The van der Waals surface area contributed by atoms with Crippen molar-refractivity contribution in [1.29, 1.82) is 0 Å². The van der Waals surface area contributed by atoms with E-state index < -0.39 is 11.6 Å². The maximum atomic E-state index is 13.8. The lowest BCUT2D eigenvalue weighted by atomic mass is 10.1. The summed E-state index contributed by atoms with van der Waals surface area (Å²) >= 11 is 4.75. The highest BCUT2D eigenvalue weighted by molar-refractivity contribution is 9.10. The molecule has 0 saturated carbocycles. The van der Waals surface area contributed by atoms with Gasteiger partial charge in [-0.25, -0.2) is 4.39 Å². The second-order valence-electron chi connectivity index (χ2n) is 8.15. The second kappa shape index (κ2) is 11.0. The van der Waals surface area contributed by atoms with Crippen LogP contribution in [0.15, 0.2) is 53.0 Å². The average Bonchev–Trinajstić information content (AvgIpc) is 2.67. The van der Waals surface area contributed by atoms with Crippen LogP contribution in [0, 0.1) is 5.82 Å². The van der Waals surface area contributed by atoms with Gasteiger partial charge in [-0.1, -0.05) is 46.3 Å². The third-order valence-corrected chi connectivity index (χ3v) is 5.87. The van der Waals surface area contributed by atoms with E-state index in [-0.39, 0.29) is 23.4 Å². The van der Waals surface area contributed by atoms with Gasteiger partial charge in [-0.2, -0.15) is 0 Å². The molecule has 1 N–H and O–H groups in total. The maximum absolute atomic E-state index is 13.8. The number of nitrogens with one attached hydrogen (secondary N) is 1. The minimum Gasteiger partial charge on any atom is -0.350 e. The van der Waals surface area contributed by atoms with E-state index in [9.17, 15) is 14.0 Å². The fourth-order valence-electron chi connectivity index (χ4n) is 2.79. The van der Waals surface area contributed by atoms with Crippen molar-refractivity contribution in [3.05, 3.63) is 69.9 Å². The predicted octanol–water partition coefficient (Wildman–Crippen LogP) is 5.15. The van der Waals surface area contributed by atoms with E-state index in [1.807, 2.05) is 45.0 Å². The van der Waals surface area contributed by atoms with Crippen LogP contribution in [-0.2, 0) is 21.9 Å². The summed E-state index contributed by atoms with van der Waals surface area (Å²) in [6.45, 7) is 7.78. The van der Waals surface area contributed by atoms with Gasteiger partial charge in [0.05, 0.1) is 5.75 Å². The average molecular weight is 495 g/mol. The Balaban J connectivity index is 2.10. The molecule has 2 amide bonds. The summed E-state index contributed by atoms with van der Waals surface area (Å²) in [5.41, 5.74) is 1.10. The van der Waals surface area contributed by atoms with Gasteiger partial charge >= 0.3 is 0 Å². The molecule has 30 heavy (non-hydrogen) atoms. The molecule has 0 bridgehead atoms. The van der Waals surface area contributed by atoms with Crippen molar-refractivity contribution in [3.8, 4) is 0 Å². The summed E-state index contributed by atoms with van der Waals surface area (Å²) in [7, 11) is 0. The number of halogens is 2. The third-order valence-electron chi connectivity index (χ3n) is 4.37. The first-order valence-electron chi connectivity index (χ1n) is 9.74. The number of hydrogen-bond donors (Lipinski definition) is 1. The molecule has 0 heterocycles. The summed E-state index contributed by atoms with van der Waals surface area (Å²) in [5.74, 6) is -0.0737. The Kier molecular flexibility index (Phi) is 8.92. The van der Waals surface area contributed by atoms with Crippen LogP contribution in [0.25, 0.3) is 0 Å². The smallest absolute Gasteiger partial charge is 0.242 e. The second-order valence-corrected chi connectivity index (χ2v) is 10.0. The molecule has 0 fully saturated rings. The van der Waals surface area contributed by atoms with Gasteiger partial charge in [0.25, 0.3) is 0 Å². The fourth-order valence-corrected chi connectivity index (χ4v) is 3.95. The summed E-state index contributed by atoms with van der Waals surface area (Å²) in [6.07, 6.45) is 0. The number of carbonyl (C=O) groups is 2. The van der Waals surface area contributed by atoms with E-state index in [2.05, 4.69) is 21.2 Å². The van der Waals surface area contributed by atoms with Gasteiger partial charge in [0.1, 0.15) is 11.9 Å². The summed E-state index contributed by atoms with van der Waals surface area (Å²) in [4.78, 5) is 27.3. The Hall–Kier alpha value is -1.86. The standard InChI is InChI=1S/C23H28BrFN2O2S/c1-16(22(29)26-23(2,3)4)27(13-17-9-11-19(24)12-10-17)21(28)15-30-14-18-7-5-6-8-20(18)25/h5-12,16H,13-15H2,1-4H3,(H,26,29). The molecule has 0 aliphatic heterocycles. The van der Waals surface area contributed by atoms with E-state index in [0.717, 1.165) is 10.0 Å². The topological polar surface area (TPSA) is 49.4 Å². The van der Waals surface area contributed by atoms with Gasteiger partial charge in [-0.15, -0.1) is 11.8 Å². The molecule has 0 aliphatic rings. The van der Waals surface area contributed by atoms with E-state index in [1.165, 1.54) is 17.8 Å². The highest BCUT2D eigenvalue weighted by atomic mass is 79.9. The van der Waals surface area contributed by atoms with Crippen LogP contribution in [0.3, 0.4) is 0 Å². The highest BCUT2D eigenvalue weighted by Crippen LogP contribution is 2.19. The van der Waals surface area contributed by atoms with Gasteiger partial charge < -0.3 is 10.2 Å². The molecule has 4 nitrogen and oxygen atoms in total. The van der Waals surface area contributed by atoms with Gasteiger partial charge in [0.2, 0.25) is 11.8 Å². The Bertz CT molecular complexity index is 868. The zero-order valence-electron chi connectivity index (χ0n) is 17.7. The number of hydrogen-bond acceptors (Lipinski definition) is 3. The van der Waals surface area contributed by atoms with E-state index in [1.54, 1.807) is 30.0 Å². The zero-order chi connectivity index (χ0) is 22.3. The van der Waals surface area contributed by atoms with Crippen LogP contribution in [-0.4, -0.2) is 34.0 Å². The van der Waals surface area contributed by atoms with Crippen molar-refractivity contribution in [2.45, 2.75) is 51.6 Å². The van der Waals surface area contributed by atoms with Crippen molar-refractivity contribution >= 4 is 39.5 Å². The molecular formula is C23H28BrFN2O2S. The fraction of sp³-hybridized carbons (Fsp3) is 0.391. The largest absolute Gasteiger partial charge is 0.350 e. The first-order chi connectivity index (χ1) is 14.1. The Morgan fingerprint density at radius 1 is 1.13 bits per heavy atom. The molecule has 0 saturated heterocycles. The minimum atomic E-state index is -0.630. The minimum absolute atomic E-state index is 0.157. The number of thioether (sulfide) groups is 1. The quantitative estimate of drug-likeness (QED) is 0.551. The van der Waals surface area contributed by atoms with Crippen LogP contribution in [0.2, 0.25) is 0 Å². The number of nitrogens with zero attached hydrogens (tertiary/aromatic N) is 1. The van der Waals surface area contributed by atoms with Crippen molar-refractivity contribution in [2.24, 2.45) is 0 Å². The molecule has 0 spiro atoms. The van der Waals surface area contributed by atoms with Gasteiger partial charge in [-0.05, 0) is 57.0 Å². The lowest BCUT2D eigenvalue weighted by molar-refractivity contribution is -0.139. The Morgan fingerprint density at radius 3 is 2.37 bits per heavy atom. The zero-order valence-corrected chi connectivity index (χ0v) is 20.1.